The van der Waals surface area contributed by atoms with Gasteiger partial charge in [-0.25, -0.2) is 4.39 Å². The van der Waals surface area contributed by atoms with E-state index in [9.17, 15) is 4.39 Å². The Labute approximate surface area is 169 Å². The smallest absolute Gasteiger partial charge is 0.166 e. The van der Waals surface area contributed by atoms with E-state index in [4.69, 9.17) is 10.00 Å². The molecule has 3 heteroatoms. The lowest BCUT2D eigenvalue weighted by atomic mass is 9.59. The molecule has 2 nitrogen and oxygen atoms in total. The second-order valence-electron chi connectivity index (χ2n) is 8.78. The van der Waals surface area contributed by atoms with Gasteiger partial charge in [0.05, 0.1) is 11.6 Å². The number of ether oxygens (including phenoxy) is 1. The van der Waals surface area contributed by atoms with E-state index in [1.807, 2.05) is 12.1 Å². The van der Waals surface area contributed by atoms with E-state index in [1.54, 1.807) is 6.07 Å². The minimum absolute atomic E-state index is 0.214. The van der Waals surface area contributed by atoms with Crippen LogP contribution in [0.2, 0.25) is 0 Å². The van der Waals surface area contributed by atoms with Gasteiger partial charge in [0.25, 0.3) is 0 Å². The summed E-state index contributed by atoms with van der Waals surface area (Å²) >= 11 is 0. The standard InChI is InChI=1S/C25H34FNO/c1-2-14-25(15-4-3-5-16-25)22-11-8-20(9-12-22)7-6-17-28-24-13-10-21(19-27)18-23(24)26/h6-7,10,13,18,20,22H,2-5,8-9,11-12,14-17H2,1H3/b7-6+/t20-,22-. The van der Waals surface area contributed by atoms with Crippen molar-refractivity contribution < 1.29 is 9.13 Å². The summed E-state index contributed by atoms with van der Waals surface area (Å²) in [5.41, 5.74) is 0.953. The van der Waals surface area contributed by atoms with E-state index in [-0.39, 0.29) is 5.75 Å². The topological polar surface area (TPSA) is 33.0 Å². The molecule has 28 heavy (non-hydrogen) atoms. The van der Waals surface area contributed by atoms with Crippen LogP contribution >= 0.6 is 0 Å². The Morgan fingerprint density at radius 1 is 1.18 bits per heavy atom. The van der Waals surface area contributed by atoms with Crippen LogP contribution in [-0.2, 0) is 0 Å². The highest BCUT2D eigenvalue weighted by atomic mass is 19.1. The van der Waals surface area contributed by atoms with Crippen molar-refractivity contribution in [1.29, 1.82) is 5.26 Å². The Balaban J connectivity index is 1.45. The third-order valence-corrected chi connectivity index (χ3v) is 7.04. The lowest BCUT2D eigenvalue weighted by Gasteiger charge is -2.46. The van der Waals surface area contributed by atoms with Gasteiger partial charge in [0.1, 0.15) is 6.61 Å². The zero-order valence-corrected chi connectivity index (χ0v) is 17.3. The second-order valence-corrected chi connectivity index (χ2v) is 8.78. The maximum Gasteiger partial charge on any atom is 0.166 e. The summed E-state index contributed by atoms with van der Waals surface area (Å²) < 4.78 is 19.4. The molecule has 2 saturated carbocycles. The summed E-state index contributed by atoms with van der Waals surface area (Å²) in [5, 5.41) is 8.79. The van der Waals surface area contributed by atoms with E-state index in [1.165, 1.54) is 82.8 Å². The van der Waals surface area contributed by atoms with Crippen molar-refractivity contribution in [3.63, 3.8) is 0 Å². The quantitative estimate of drug-likeness (QED) is 0.467. The number of halogens is 1. The largest absolute Gasteiger partial charge is 0.486 e. The summed E-state index contributed by atoms with van der Waals surface area (Å²) in [7, 11) is 0. The number of rotatable bonds is 7. The van der Waals surface area contributed by atoms with Gasteiger partial charge < -0.3 is 4.74 Å². The van der Waals surface area contributed by atoms with Gasteiger partial charge in [-0.1, -0.05) is 44.8 Å². The Morgan fingerprint density at radius 3 is 2.57 bits per heavy atom. The van der Waals surface area contributed by atoms with E-state index < -0.39 is 5.82 Å². The highest BCUT2D eigenvalue weighted by molar-refractivity contribution is 5.36. The molecule has 1 aromatic carbocycles. The van der Waals surface area contributed by atoms with Gasteiger partial charge in [0.2, 0.25) is 0 Å². The van der Waals surface area contributed by atoms with Gasteiger partial charge >= 0.3 is 0 Å². The molecule has 152 valence electrons. The molecule has 0 radical (unpaired) electrons. The van der Waals surface area contributed by atoms with E-state index in [0.29, 0.717) is 23.5 Å². The molecule has 0 spiro atoms. The minimum Gasteiger partial charge on any atom is -0.486 e. The molecule has 3 rings (SSSR count). The van der Waals surface area contributed by atoms with Crippen LogP contribution in [-0.4, -0.2) is 6.61 Å². The number of nitrogens with zero attached hydrogens (tertiary/aromatic N) is 1. The number of hydrogen-bond donors (Lipinski definition) is 0. The predicted octanol–water partition coefficient (Wildman–Crippen LogP) is 7.19. The zero-order chi connectivity index (χ0) is 19.8. The summed E-state index contributed by atoms with van der Waals surface area (Å²) in [6.07, 6.45) is 19.5. The van der Waals surface area contributed by atoms with Crippen molar-refractivity contribution in [2.24, 2.45) is 17.3 Å². The first-order valence-electron chi connectivity index (χ1n) is 11.2. The molecule has 0 amide bonds. The van der Waals surface area contributed by atoms with Crippen molar-refractivity contribution in [3.8, 4) is 11.8 Å². The van der Waals surface area contributed by atoms with Crippen molar-refractivity contribution in [2.75, 3.05) is 6.61 Å². The normalized spacial score (nSPS) is 24.8. The first-order chi connectivity index (χ1) is 13.7. The molecule has 0 aliphatic heterocycles. The molecule has 2 aliphatic rings. The second kappa shape index (κ2) is 10.1. The third kappa shape index (κ3) is 5.16. The average molecular weight is 384 g/mol. The molecule has 2 fully saturated rings. The first-order valence-corrected chi connectivity index (χ1v) is 11.2. The van der Waals surface area contributed by atoms with Crippen LogP contribution in [0.5, 0.6) is 5.75 Å². The van der Waals surface area contributed by atoms with Crippen LogP contribution < -0.4 is 4.74 Å². The molecule has 1 aromatic rings. The highest BCUT2D eigenvalue weighted by Crippen LogP contribution is 2.51. The fraction of sp³-hybridized carbons (Fsp3) is 0.640. The SMILES string of the molecule is CCCC1([C@H]2CC[C@H](/C=C/COc3ccc(C#N)cc3F)CC2)CCCCC1. The van der Waals surface area contributed by atoms with Crippen molar-refractivity contribution in [2.45, 2.75) is 77.6 Å². The summed E-state index contributed by atoms with van der Waals surface area (Å²) in [6.45, 7) is 2.73. The fourth-order valence-electron chi connectivity index (χ4n) is 5.61. The molecule has 2 aliphatic carbocycles. The third-order valence-electron chi connectivity index (χ3n) is 7.04. The van der Waals surface area contributed by atoms with Crippen molar-refractivity contribution in [3.05, 3.63) is 41.7 Å². The van der Waals surface area contributed by atoms with Gasteiger partial charge in [0.15, 0.2) is 11.6 Å². The number of allylic oxidation sites excluding steroid dienone is 1. The Kier molecular flexibility index (Phi) is 7.54. The maximum atomic E-state index is 13.8. The lowest BCUT2D eigenvalue weighted by Crippen LogP contribution is -2.35. The van der Waals surface area contributed by atoms with Crippen LogP contribution in [0.25, 0.3) is 0 Å². The van der Waals surface area contributed by atoms with E-state index >= 15 is 0 Å². The fourth-order valence-corrected chi connectivity index (χ4v) is 5.61. The van der Waals surface area contributed by atoms with Crippen LogP contribution in [0.1, 0.15) is 83.1 Å². The summed E-state index contributed by atoms with van der Waals surface area (Å²) in [6, 6.07) is 6.27. The van der Waals surface area contributed by atoms with Crippen LogP contribution in [0.15, 0.2) is 30.4 Å². The molecule has 0 N–H and O–H groups in total. The number of hydrogen-bond acceptors (Lipinski definition) is 2. The van der Waals surface area contributed by atoms with Gasteiger partial charge in [-0.3, -0.25) is 0 Å². The van der Waals surface area contributed by atoms with E-state index in [0.717, 1.165) is 5.92 Å². The van der Waals surface area contributed by atoms with Gasteiger partial charge in [-0.2, -0.15) is 5.26 Å². The van der Waals surface area contributed by atoms with Crippen molar-refractivity contribution >= 4 is 0 Å². The molecule has 0 heterocycles. The Bertz CT molecular complexity index is 685. The van der Waals surface area contributed by atoms with Gasteiger partial charge in [-0.15, -0.1) is 0 Å². The zero-order valence-electron chi connectivity index (χ0n) is 17.3. The molecule has 0 unspecified atom stereocenters. The minimum atomic E-state index is -0.471. The summed E-state index contributed by atoms with van der Waals surface area (Å²) in [4.78, 5) is 0. The average Bonchev–Trinajstić information content (AvgIpc) is 2.73. The van der Waals surface area contributed by atoms with Gasteiger partial charge in [-0.05, 0) is 80.4 Å². The van der Waals surface area contributed by atoms with Crippen molar-refractivity contribution in [1.82, 2.24) is 0 Å². The predicted molar refractivity (Wildman–Crippen MR) is 112 cm³/mol. The molecular weight excluding hydrogens is 349 g/mol. The maximum absolute atomic E-state index is 13.8. The van der Waals surface area contributed by atoms with Crippen LogP contribution in [0.4, 0.5) is 4.39 Å². The molecule has 0 bridgehead atoms. The van der Waals surface area contributed by atoms with Gasteiger partial charge in [0, 0.05) is 0 Å². The van der Waals surface area contributed by atoms with Crippen LogP contribution in [0.3, 0.4) is 0 Å². The lowest BCUT2D eigenvalue weighted by molar-refractivity contribution is 0.0501. The molecule has 0 aromatic heterocycles. The monoisotopic (exact) mass is 383 g/mol. The molecule has 0 atom stereocenters. The number of nitriles is 1. The number of benzene rings is 1. The highest BCUT2D eigenvalue weighted by Gasteiger charge is 2.39. The Morgan fingerprint density at radius 2 is 1.93 bits per heavy atom. The first kappa shape index (κ1) is 20.9. The Hall–Kier alpha value is -1.82. The molecular formula is C25H34FNO. The summed E-state index contributed by atoms with van der Waals surface area (Å²) in [5.74, 6) is 1.29. The molecule has 0 saturated heterocycles. The van der Waals surface area contributed by atoms with E-state index in [2.05, 4.69) is 13.0 Å². The van der Waals surface area contributed by atoms with Crippen LogP contribution in [0, 0.1) is 34.4 Å².